The molecule has 1 saturated heterocycles. The molecule has 5 atom stereocenters. The molecule has 0 spiro atoms. The fraction of sp³-hybridized carbons (Fsp3) is 0.368. The molecule has 0 amide bonds. The zero-order valence-corrected chi connectivity index (χ0v) is 18.1. The third-order valence-electron chi connectivity index (χ3n) is 5.12. The predicted molar refractivity (Wildman–Crippen MR) is 118 cm³/mol. The van der Waals surface area contributed by atoms with Crippen LogP contribution in [0.4, 0.5) is 11.4 Å². The summed E-state index contributed by atoms with van der Waals surface area (Å²) in [5, 5.41) is 13.5. The van der Waals surface area contributed by atoms with Crippen LogP contribution in [0.5, 0.6) is 0 Å². The Morgan fingerprint density at radius 3 is 1.87 bits per heavy atom. The molecule has 2 aromatic carbocycles. The van der Waals surface area contributed by atoms with E-state index < -0.39 is 28.6 Å². The minimum absolute atomic E-state index is 0.226. The maximum absolute atomic E-state index is 10.9. The molecule has 12 heteroatoms. The van der Waals surface area contributed by atoms with E-state index in [1.54, 1.807) is 48.5 Å². The molecule has 3 rings (SSSR count). The maximum atomic E-state index is 10.9. The summed E-state index contributed by atoms with van der Waals surface area (Å²) in [6.45, 7) is 0.281. The number of ether oxygens (including phenoxy) is 1. The first kappa shape index (κ1) is 23.9. The highest BCUT2D eigenvalue weighted by molar-refractivity contribution is 7.80. The van der Waals surface area contributed by atoms with Crippen LogP contribution in [-0.2, 0) is 27.3 Å². The molecule has 166 valence electrons. The minimum atomic E-state index is -2.43. The fourth-order valence-electron chi connectivity index (χ4n) is 3.72. The molecule has 9 nitrogen and oxygen atoms in total. The first-order chi connectivity index (χ1) is 14.9. The van der Waals surface area contributed by atoms with Crippen molar-refractivity contribution in [3.8, 4) is 0 Å². The fourth-order valence-corrected chi connectivity index (χ4v) is 4.38. The van der Waals surface area contributed by atoms with Crippen molar-refractivity contribution in [2.45, 2.75) is 30.6 Å². The van der Waals surface area contributed by atoms with Crippen molar-refractivity contribution >= 4 is 41.8 Å². The molecular formula is C19H22BN3O6S2-2. The summed E-state index contributed by atoms with van der Waals surface area (Å²) < 4.78 is 54.1. The number of anilines is 2. The molecule has 0 aromatic heterocycles. The Morgan fingerprint density at radius 1 is 1.00 bits per heavy atom. The van der Waals surface area contributed by atoms with E-state index in [9.17, 15) is 22.6 Å². The van der Waals surface area contributed by atoms with Gasteiger partial charge in [-0.25, -0.2) is 0 Å². The minimum Gasteiger partial charge on any atom is -0.755 e. The Hall–Kier alpha value is -1.80. The first-order valence-electron chi connectivity index (χ1n) is 9.52. The summed E-state index contributed by atoms with van der Waals surface area (Å²) in [7, 11) is 5.52. The van der Waals surface area contributed by atoms with Gasteiger partial charge in [-0.3, -0.25) is 8.42 Å². The third-order valence-corrected chi connectivity index (χ3v) is 5.93. The van der Waals surface area contributed by atoms with Crippen molar-refractivity contribution in [3.63, 3.8) is 0 Å². The van der Waals surface area contributed by atoms with E-state index in [4.69, 9.17) is 12.6 Å². The second-order valence-corrected chi connectivity index (χ2v) is 8.43. The van der Waals surface area contributed by atoms with Crippen molar-refractivity contribution in [2.24, 2.45) is 0 Å². The quantitative estimate of drug-likeness (QED) is 0.312. The Labute approximate surface area is 187 Å². The highest BCUT2D eigenvalue weighted by Gasteiger charge is 2.35. The molecule has 0 aliphatic carbocycles. The monoisotopic (exact) mass is 463 g/mol. The van der Waals surface area contributed by atoms with Gasteiger partial charge in [0.2, 0.25) is 0 Å². The number of hydrogen-bond donors (Lipinski definition) is 4. The zero-order valence-electron chi connectivity index (χ0n) is 16.4. The SMILES string of the molecule is [B]CN[C@@H]1CO[C@H](C(c2ccc(NS(=O)[O-])cc2)c2ccc(NS(=O)[O-])cc2)CC1O. The van der Waals surface area contributed by atoms with Crippen molar-refractivity contribution in [1.29, 1.82) is 0 Å². The van der Waals surface area contributed by atoms with Gasteiger partial charge in [-0.1, -0.05) is 24.3 Å². The van der Waals surface area contributed by atoms with Gasteiger partial charge in [0.15, 0.2) is 0 Å². The summed E-state index contributed by atoms with van der Waals surface area (Å²) in [4.78, 5) is 0. The summed E-state index contributed by atoms with van der Waals surface area (Å²) in [5.41, 5.74) is 2.56. The average Bonchev–Trinajstić information content (AvgIpc) is 2.72. The first-order valence-corrected chi connectivity index (χ1v) is 11.7. The van der Waals surface area contributed by atoms with Crippen molar-refractivity contribution < 1.29 is 27.4 Å². The van der Waals surface area contributed by atoms with Gasteiger partial charge in [-0.05, 0) is 41.8 Å². The Kier molecular flexibility index (Phi) is 8.61. The van der Waals surface area contributed by atoms with Crippen LogP contribution < -0.4 is 14.8 Å². The van der Waals surface area contributed by atoms with E-state index in [1.165, 1.54) is 0 Å². The molecule has 2 radical (unpaired) electrons. The number of nitrogens with one attached hydrogen (secondary N) is 3. The van der Waals surface area contributed by atoms with Gasteiger partial charge < -0.3 is 33.7 Å². The van der Waals surface area contributed by atoms with Crippen LogP contribution in [0.3, 0.4) is 0 Å². The van der Waals surface area contributed by atoms with Gasteiger partial charge in [0.05, 0.1) is 32.7 Å². The summed E-state index contributed by atoms with van der Waals surface area (Å²) >= 11 is -4.85. The number of benzene rings is 2. The van der Waals surface area contributed by atoms with Gasteiger partial charge in [0.1, 0.15) is 0 Å². The average molecular weight is 463 g/mol. The Bertz CT molecular complexity index is 843. The topological polar surface area (TPSA) is 146 Å². The maximum Gasteiger partial charge on any atom is 0.0859 e. The zero-order chi connectivity index (χ0) is 22.4. The van der Waals surface area contributed by atoms with Crippen LogP contribution in [-0.4, -0.2) is 61.8 Å². The standard InChI is InChI=1S/C19H24BN3O6S2/c20-11-21-16-10-29-18(9-17(16)24)19(12-1-5-14(6-2-12)22-30(25)26)13-3-7-15(8-4-13)23-31(27)28/h1-8,16-19,21-24H,9-11H2,(H,25,26)(H,27,28)/p-2/t16-,17?,18+/m1/s1. The van der Waals surface area contributed by atoms with E-state index in [2.05, 4.69) is 14.8 Å². The second-order valence-electron chi connectivity index (χ2n) is 7.08. The van der Waals surface area contributed by atoms with Crippen LogP contribution in [0, 0.1) is 0 Å². The van der Waals surface area contributed by atoms with Crippen molar-refractivity contribution in [3.05, 3.63) is 59.7 Å². The van der Waals surface area contributed by atoms with E-state index in [1.807, 2.05) is 0 Å². The largest absolute Gasteiger partial charge is 0.755 e. The number of rotatable bonds is 9. The molecule has 0 saturated carbocycles. The van der Waals surface area contributed by atoms with Crippen molar-refractivity contribution in [2.75, 3.05) is 22.5 Å². The van der Waals surface area contributed by atoms with E-state index in [0.29, 0.717) is 17.8 Å². The van der Waals surface area contributed by atoms with Gasteiger partial charge in [0.25, 0.3) is 0 Å². The molecule has 4 N–H and O–H groups in total. The highest BCUT2D eigenvalue weighted by Crippen LogP contribution is 2.35. The molecule has 1 heterocycles. The lowest BCUT2D eigenvalue weighted by Gasteiger charge is -2.38. The van der Waals surface area contributed by atoms with Crippen LogP contribution in [0.1, 0.15) is 23.5 Å². The smallest absolute Gasteiger partial charge is 0.0859 e. The van der Waals surface area contributed by atoms with Gasteiger partial charge in [0, 0.05) is 46.2 Å². The molecular weight excluding hydrogens is 441 g/mol. The highest BCUT2D eigenvalue weighted by atomic mass is 32.2. The molecule has 1 fully saturated rings. The van der Waals surface area contributed by atoms with Crippen LogP contribution >= 0.6 is 0 Å². The molecule has 3 unspecified atom stereocenters. The lowest BCUT2D eigenvalue weighted by Crippen LogP contribution is -2.51. The lowest BCUT2D eigenvalue weighted by atomic mass is 9.82. The van der Waals surface area contributed by atoms with E-state index >= 15 is 0 Å². The molecule has 2 aromatic rings. The number of aliphatic hydroxyl groups is 1. The molecule has 1 aliphatic heterocycles. The van der Waals surface area contributed by atoms with Crippen LogP contribution in [0.25, 0.3) is 0 Å². The van der Waals surface area contributed by atoms with Gasteiger partial charge >= 0.3 is 0 Å². The number of hydrogen-bond acceptors (Lipinski definition) is 7. The van der Waals surface area contributed by atoms with Gasteiger partial charge in [-0.2, -0.15) is 0 Å². The van der Waals surface area contributed by atoms with Crippen LogP contribution in [0.2, 0.25) is 0 Å². The van der Waals surface area contributed by atoms with E-state index in [0.717, 1.165) is 11.1 Å². The molecule has 0 bridgehead atoms. The lowest BCUT2D eigenvalue weighted by molar-refractivity contribution is -0.0702. The number of aliphatic hydroxyl groups excluding tert-OH is 1. The van der Waals surface area contributed by atoms with Crippen molar-refractivity contribution in [1.82, 2.24) is 5.32 Å². The Balaban J connectivity index is 1.89. The van der Waals surface area contributed by atoms with E-state index in [-0.39, 0.29) is 31.1 Å². The molecule has 1 aliphatic rings. The second kappa shape index (κ2) is 11.2. The summed E-state index contributed by atoms with van der Waals surface area (Å²) in [6.07, 6.45) is -0.426. The third kappa shape index (κ3) is 6.59. The summed E-state index contributed by atoms with van der Waals surface area (Å²) in [6, 6.07) is 13.5. The molecule has 31 heavy (non-hydrogen) atoms. The predicted octanol–water partition coefficient (Wildman–Crippen LogP) is 0.464. The Morgan fingerprint density at radius 2 is 1.48 bits per heavy atom. The van der Waals surface area contributed by atoms with Crippen LogP contribution in [0.15, 0.2) is 48.5 Å². The normalized spacial score (nSPS) is 24.2. The van der Waals surface area contributed by atoms with Gasteiger partial charge in [-0.15, -0.1) is 0 Å². The summed E-state index contributed by atoms with van der Waals surface area (Å²) in [5.74, 6) is -0.271.